The largest absolute Gasteiger partial charge is 0.328 e. The van der Waals surface area contributed by atoms with E-state index in [2.05, 4.69) is 4.98 Å². The summed E-state index contributed by atoms with van der Waals surface area (Å²) in [6, 6.07) is 6.07. The molecule has 1 fully saturated rings. The van der Waals surface area contributed by atoms with E-state index in [9.17, 15) is 4.79 Å². The lowest BCUT2D eigenvalue weighted by atomic mass is 9.91. The molecular formula is C13H16ClN3O. The highest BCUT2D eigenvalue weighted by atomic mass is 35.5. The lowest BCUT2D eigenvalue weighted by molar-refractivity contribution is 0.324. The number of aromatic nitrogens is 2. The highest BCUT2D eigenvalue weighted by molar-refractivity contribution is 6.31. The van der Waals surface area contributed by atoms with Gasteiger partial charge < -0.3 is 10.7 Å². The van der Waals surface area contributed by atoms with Crippen molar-refractivity contribution in [2.45, 2.75) is 37.8 Å². The molecule has 96 valence electrons. The Labute approximate surface area is 110 Å². The zero-order valence-corrected chi connectivity index (χ0v) is 10.8. The summed E-state index contributed by atoms with van der Waals surface area (Å²) >= 11 is 5.94. The number of imidazole rings is 1. The molecular weight excluding hydrogens is 250 g/mol. The van der Waals surface area contributed by atoms with Gasteiger partial charge in [0.2, 0.25) is 0 Å². The number of fused-ring (bicyclic) bond motifs is 1. The second kappa shape index (κ2) is 4.44. The first-order chi connectivity index (χ1) is 8.65. The van der Waals surface area contributed by atoms with Crippen LogP contribution >= 0.6 is 11.6 Å². The zero-order valence-electron chi connectivity index (χ0n) is 10.0. The monoisotopic (exact) mass is 265 g/mol. The molecule has 3 rings (SSSR count). The van der Waals surface area contributed by atoms with E-state index in [0.717, 1.165) is 36.7 Å². The van der Waals surface area contributed by atoms with E-state index >= 15 is 0 Å². The third kappa shape index (κ3) is 1.95. The maximum Gasteiger partial charge on any atom is 0.326 e. The molecule has 1 aliphatic rings. The number of nitrogens with one attached hydrogen (secondary N) is 1. The lowest BCUT2D eigenvalue weighted by Crippen LogP contribution is -2.31. The predicted octanol–water partition coefficient (Wildman–Crippen LogP) is 2.43. The summed E-state index contributed by atoms with van der Waals surface area (Å²) in [6.07, 6.45) is 3.90. The third-order valence-electron chi connectivity index (χ3n) is 3.79. The van der Waals surface area contributed by atoms with Gasteiger partial charge in [-0.15, -0.1) is 0 Å². The lowest BCUT2D eigenvalue weighted by Gasteiger charge is -2.26. The van der Waals surface area contributed by atoms with Gasteiger partial charge in [-0.2, -0.15) is 0 Å². The van der Waals surface area contributed by atoms with Crippen molar-refractivity contribution in [2.75, 3.05) is 0 Å². The fourth-order valence-electron chi connectivity index (χ4n) is 2.83. The first kappa shape index (κ1) is 11.8. The minimum absolute atomic E-state index is 0.0484. The van der Waals surface area contributed by atoms with Crippen molar-refractivity contribution in [1.29, 1.82) is 0 Å². The molecule has 1 aliphatic carbocycles. The summed E-state index contributed by atoms with van der Waals surface area (Å²) in [4.78, 5) is 14.9. The molecule has 1 heterocycles. The smallest absolute Gasteiger partial charge is 0.326 e. The van der Waals surface area contributed by atoms with Gasteiger partial charge in [0.15, 0.2) is 0 Å². The number of benzene rings is 1. The molecule has 18 heavy (non-hydrogen) atoms. The van der Waals surface area contributed by atoms with E-state index in [1.807, 2.05) is 16.7 Å². The number of hydrogen-bond donors (Lipinski definition) is 2. The van der Waals surface area contributed by atoms with Crippen molar-refractivity contribution in [3.63, 3.8) is 0 Å². The van der Waals surface area contributed by atoms with Gasteiger partial charge in [0, 0.05) is 17.1 Å². The molecule has 0 aliphatic heterocycles. The van der Waals surface area contributed by atoms with Crippen molar-refractivity contribution in [3.8, 4) is 0 Å². The number of rotatable bonds is 1. The second-order valence-electron chi connectivity index (χ2n) is 5.03. The number of hydrogen-bond acceptors (Lipinski definition) is 2. The first-order valence-electron chi connectivity index (χ1n) is 6.30. The van der Waals surface area contributed by atoms with Crippen LogP contribution in [0.5, 0.6) is 0 Å². The molecule has 0 spiro atoms. The van der Waals surface area contributed by atoms with Crippen LogP contribution in [-0.2, 0) is 0 Å². The van der Waals surface area contributed by atoms with E-state index in [0.29, 0.717) is 5.02 Å². The molecule has 0 amide bonds. The Morgan fingerprint density at radius 3 is 2.72 bits per heavy atom. The van der Waals surface area contributed by atoms with Crippen molar-refractivity contribution < 1.29 is 0 Å². The van der Waals surface area contributed by atoms with E-state index < -0.39 is 0 Å². The molecule has 1 aromatic carbocycles. The van der Waals surface area contributed by atoms with E-state index in [4.69, 9.17) is 17.3 Å². The highest BCUT2D eigenvalue weighted by Crippen LogP contribution is 2.29. The van der Waals surface area contributed by atoms with Gasteiger partial charge >= 0.3 is 5.69 Å². The van der Waals surface area contributed by atoms with Crippen LogP contribution < -0.4 is 11.4 Å². The van der Waals surface area contributed by atoms with Gasteiger partial charge in [-0.25, -0.2) is 4.79 Å². The average molecular weight is 266 g/mol. The number of nitrogens with zero attached hydrogens (tertiary/aromatic N) is 1. The van der Waals surface area contributed by atoms with Crippen LogP contribution in [0.15, 0.2) is 23.0 Å². The standard InChI is InChI=1S/C13H16ClN3O/c14-8-1-6-12-11(7-8)16-13(18)17(12)10-4-2-9(15)3-5-10/h1,6-7,9-10H,2-5,15H2,(H,16,18). The topological polar surface area (TPSA) is 63.8 Å². The van der Waals surface area contributed by atoms with E-state index in [1.165, 1.54) is 0 Å². The van der Waals surface area contributed by atoms with E-state index in [-0.39, 0.29) is 17.8 Å². The second-order valence-corrected chi connectivity index (χ2v) is 5.47. The van der Waals surface area contributed by atoms with Crippen molar-refractivity contribution in [3.05, 3.63) is 33.7 Å². The SMILES string of the molecule is NC1CCC(n2c(=O)[nH]c3cc(Cl)ccc32)CC1. The van der Waals surface area contributed by atoms with Gasteiger partial charge in [0.25, 0.3) is 0 Å². The van der Waals surface area contributed by atoms with Crippen LogP contribution in [0.4, 0.5) is 0 Å². The van der Waals surface area contributed by atoms with Crippen LogP contribution in [0.25, 0.3) is 11.0 Å². The van der Waals surface area contributed by atoms with Crippen LogP contribution in [0.2, 0.25) is 5.02 Å². The Hall–Kier alpha value is -1.26. The molecule has 3 N–H and O–H groups in total. The Bertz CT molecular complexity index is 623. The predicted molar refractivity (Wildman–Crippen MR) is 73.0 cm³/mol. The van der Waals surface area contributed by atoms with E-state index in [1.54, 1.807) is 6.07 Å². The zero-order chi connectivity index (χ0) is 12.7. The minimum Gasteiger partial charge on any atom is -0.328 e. The van der Waals surface area contributed by atoms with Crippen LogP contribution in [-0.4, -0.2) is 15.6 Å². The van der Waals surface area contributed by atoms with Gasteiger partial charge in [0.05, 0.1) is 11.0 Å². The molecule has 0 unspecified atom stereocenters. The maximum atomic E-state index is 12.1. The molecule has 2 aromatic rings. The van der Waals surface area contributed by atoms with Gasteiger partial charge in [0.1, 0.15) is 0 Å². The molecule has 5 heteroatoms. The minimum atomic E-state index is -0.0484. The Balaban J connectivity index is 2.06. The number of H-pyrrole nitrogens is 1. The van der Waals surface area contributed by atoms with Crippen LogP contribution in [0, 0.1) is 0 Å². The molecule has 4 nitrogen and oxygen atoms in total. The fourth-order valence-corrected chi connectivity index (χ4v) is 3.00. The Morgan fingerprint density at radius 1 is 1.28 bits per heavy atom. The molecule has 1 saturated carbocycles. The van der Waals surface area contributed by atoms with Gasteiger partial charge in [-0.3, -0.25) is 4.57 Å². The van der Waals surface area contributed by atoms with Crippen LogP contribution in [0.1, 0.15) is 31.7 Å². The Morgan fingerprint density at radius 2 is 2.00 bits per heavy atom. The normalized spacial score (nSPS) is 24.6. The average Bonchev–Trinajstić information content (AvgIpc) is 2.65. The third-order valence-corrected chi connectivity index (χ3v) is 4.02. The van der Waals surface area contributed by atoms with Crippen LogP contribution in [0.3, 0.4) is 0 Å². The summed E-state index contributed by atoms with van der Waals surface area (Å²) < 4.78 is 1.86. The van der Waals surface area contributed by atoms with Gasteiger partial charge in [-0.05, 0) is 43.9 Å². The molecule has 0 radical (unpaired) electrons. The van der Waals surface area contributed by atoms with Crippen molar-refractivity contribution in [1.82, 2.24) is 9.55 Å². The number of nitrogens with two attached hydrogens (primary N) is 1. The summed E-state index contributed by atoms with van der Waals surface area (Å²) in [7, 11) is 0. The highest BCUT2D eigenvalue weighted by Gasteiger charge is 2.22. The van der Waals surface area contributed by atoms with Crippen molar-refractivity contribution >= 4 is 22.6 Å². The Kier molecular flexibility index (Phi) is 2.92. The first-order valence-corrected chi connectivity index (χ1v) is 6.68. The molecule has 1 aromatic heterocycles. The fraction of sp³-hybridized carbons (Fsp3) is 0.462. The van der Waals surface area contributed by atoms with Crippen molar-refractivity contribution in [2.24, 2.45) is 5.73 Å². The maximum absolute atomic E-state index is 12.1. The summed E-state index contributed by atoms with van der Waals surface area (Å²) in [5.74, 6) is 0. The summed E-state index contributed by atoms with van der Waals surface area (Å²) in [6.45, 7) is 0. The van der Waals surface area contributed by atoms with Gasteiger partial charge in [-0.1, -0.05) is 11.6 Å². The molecule has 0 saturated heterocycles. The summed E-state index contributed by atoms with van der Waals surface area (Å²) in [5, 5.41) is 0.640. The summed E-state index contributed by atoms with van der Waals surface area (Å²) in [5.41, 5.74) is 7.60. The quantitative estimate of drug-likeness (QED) is 0.832. The number of halogens is 1. The molecule has 0 bridgehead atoms. The number of aromatic amines is 1. The molecule has 0 atom stereocenters.